The maximum absolute atomic E-state index is 13.0. The van der Waals surface area contributed by atoms with Crippen LogP contribution < -0.4 is 15.4 Å². The summed E-state index contributed by atoms with van der Waals surface area (Å²) in [5.74, 6) is -1.94. The molecule has 1 aliphatic heterocycles. The number of amides is 1. The highest BCUT2D eigenvalue weighted by Crippen LogP contribution is 2.26. The zero-order valence-electron chi connectivity index (χ0n) is 22.4. The van der Waals surface area contributed by atoms with Gasteiger partial charge in [-0.25, -0.2) is 13.2 Å². The van der Waals surface area contributed by atoms with Crippen molar-refractivity contribution in [3.8, 4) is 5.75 Å². The topological polar surface area (TPSA) is 155 Å². The quantitative estimate of drug-likeness (QED) is 0.201. The molecule has 0 aliphatic carbocycles. The first-order valence-corrected chi connectivity index (χ1v) is 14.3. The molecular formula is C27H36N4O7S. The number of carboxylic acid groups (broad SMARTS) is 1. The van der Waals surface area contributed by atoms with Crippen LogP contribution in [-0.4, -0.2) is 71.4 Å². The average Bonchev–Trinajstić information content (AvgIpc) is 3.38. The predicted octanol–water partition coefficient (Wildman–Crippen LogP) is 2.12. The maximum Gasteiger partial charge on any atom is 0.326 e. The van der Waals surface area contributed by atoms with Crippen LogP contribution in [0.2, 0.25) is 0 Å². The van der Waals surface area contributed by atoms with Crippen LogP contribution in [0.4, 0.5) is 0 Å². The first-order chi connectivity index (χ1) is 18.4. The van der Waals surface area contributed by atoms with Crippen molar-refractivity contribution in [1.82, 2.24) is 19.9 Å². The number of nitrogens with one attached hydrogen (secondary N) is 2. The van der Waals surface area contributed by atoms with Crippen molar-refractivity contribution in [1.29, 1.82) is 0 Å². The number of sulfonamides is 1. The molecule has 3 N–H and O–H groups in total. The van der Waals surface area contributed by atoms with E-state index in [0.29, 0.717) is 30.7 Å². The number of rotatable bonds is 12. The molecule has 0 saturated carbocycles. The van der Waals surface area contributed by atoms with Crippen molar-refractivity contribution in [2.75, 3.05) is 13.1 Å². The Labute approximate surface area is 229 Å². The van der Waals surface area contributed by atoms with Crippen LogP contribution in [0.25, 0.3) is 0 Å². The van der Waals surface area contributed by atoms with E-state index < -0.39 is 34.0 Å². The van der Waals surface area contributed by atoms with Gasteiger partial charge in [0, 0.05) is 37.3 Å². The second kappa shape index (κ2) is 13.1. The lowest BCUT2D eigenvalue weighted by Crippen LogP contribution is -2.51. The number of benzene rings is 1. The van der Waals surface area contributed by atoms with E-state index in [0.717, 1.165) is 4.31 Å². The van der Waals surface area contributed by atoms with Crippen molar-refractivity contribution in [3.05, 3.63) is 54.4 Å². The number of hydrogen-bond acceptors (Lipinski definition) is 8. The van der Waals surface area contributed by atoms with Gasteiger partial charge in [0.25, 0.3) is 0 Å². The van der Waals surface area contributed by atoms with E-state index in [2.05, 4.69) is 15.6 Å². The summed E-state index contributed by atoms with van der Waals surface area (Å²) in [5, 5.41) is 15.5. The largest absolute Gasteiger partial charge is 0.480 e. The first kappa shape index (κ1) is 30.2. The van der Waals surface area contributed by atoms with Crippen LogP contribution in [0, 0.1) is 0 Å². The highest BCUT2D eigenvalue weighted by atomic mass is 32.2. The summed E-state index contributed by atoms with van der Waals surface area (Å²) in [4.78, 5) is 40.9. The van der Waals surface area contributed by atoms with E-state index in [1.807, 2.05) is 20.8 Å². The third kappa shape index (κ3) is 8.84. The number of ether oxygens (including phenoxy) is 1. The SMILES string of the molecule is CC(C)(C)NCCCC(=O)Oc1ccc(C[C@H](NC(=O)[C@@H]2CCCN2S(=O)(=O)c2cccnc2)C(=O)O)cc1. The van der Waals surface area contributed by atoms with E-state index in [9.17, 15) is 27.9 Å². The number of carbonyl (C=O) groups excluding carboxylic acids is 2. The fourth-order valence-electron chi connectivity index (χ4n) is 4.20. The van der Waals surface area contributed by atoms with Gasteiger partial charge in [0.2, 0.25) is 15.9 Å². The number of esters is 1. The molecule has 12 heteroatoms. The number of carbonyl (C=O) groups is 3. The number of carboxylic acids is 1. The van der Waals surface area contributed by atoms with E-state index in [-0.39, 0.29) is 42.2 Å². The van der Waals surface area contributed by atoms with Gasteiger partial charge < -0.3 is 20.5 Å². The molecular weight excluding hydrogens is 524 g/mol. The average molecular weight is 561 g/mol. The highest BCUT2D eigenvalue weighted by Gasteiger charge is 2.40. The Kier molecular flexibility index (Phi) is 10.2. The summed E-state index contributed by atoms with van der Waals surface area (Å²) in [7, 11) is -3.96. The molecule has 0 spiro atoms. The summed E-state index contributed by atoms with van der Waals surface area (Å²) in [6, 6.07) is 7.00. The van der Waals surface area contributed by atoms with Gasteiger partial charge in [-0.1, -0.05) is 12.1 Å². The maximum atomic E-state index is 13.0. The van der Waals surface area contributed by atoms with E-state index in [1.54, 1.807) is 24.3 Å². The number of hydrogen-bond donors (Lipinski definition) is 3. The number of nitrogens with zero attached hydrogens (tertiary/aromatic N) is 2. The van der Waals surface area contributed by atoms with Crippen molar-refractivity contribution in [2.24, 2.45) is 0 Å². The molecule has 1 saturated heterocycles. The Balaban J connectivity index is 1.57. The van der Waals surface area contributed by atoms with Gasteiger partial charge in [0.05, 0.1) is 0 Å². The normalized spacial score (nSPS) is 16.9. The fraction of sp³-hybridized carbons (Fsp3) is 0.481. The molecule has 1 fully saturated rings. The minimum Gasteiger partial charge on any atom is -0.480 e. The smallest absolute Gasteiger partial charge is 0.326 e. The Morgan fingerprint density at radius 1 is 1.18 bits per heavy atom. The van der Waals surface area contributed by atoms with Gasteiger partial charge in [-0.05, 0) is 76.4 Å². The Morgan fingerprint density at radius 2 is 1.90 bits per heavy atom. The minimum atomic E-state index is -3.96. The van der Waals surface area contributed by atoms with E-state index in [4.69, 9.17) is 4.74 Å². The summed E-state index contributed by atoms with van der Waals surface area (Å²) < 4.78 is 32.5. The van der Waals surface area contributed by atoms with Crippen molar-refractivity contribution >= 4 is 27.9 Å². The molecule has 1 amide bonds. The van der Waals surface area contributed by atoms with Crippen molar-refractivity contribution in [2.45, 2.75) is 75.4 Å². The van der Waals surface area contributed by atoms with Gasteiger partial charge >= 0.3 is 11.9 Å². The molecule has 1 aliphatic rings. The third-order valence-corrected chi connectivity index (χ3v) is 8.06. The molecule has 3 rings (SSSR count). The predicted molar refractivity (Wildman–Crippen MR) is 143 cm³/mol. The van der Waals surface area contributed by atoms with Crippen LogP contribution in [0.15, 0.2) is 53.7 Å². The van der Waals surface area contributed by atoms with Gasteiger partial charge in [-0.2, -0.15) is 4.31 Å². The summed E-state index contributed by atoms with van der Waals surface area (Å²) in [6.45, 7) is 6.98. The molecule has 11 nitrogen and oxygen atoms in total. The van der Waals surface area contributed by atoms with Crippen LogP contribution in [-0.2, 0) is 30.8 Å². The Morgan fingerprint density at radius 3 is 2.51 bits per heavy atom. The van der Waals surface area contributed by atoms with E-state index in [1.165, 1.54) is 24.5 Å². The third-order valence-electron chi connectivity index (χ3n) is 6.17. The highest BCUT2D eigenvalue weighted by molar-refractivity contribution is 7.89. The van der Waals surface area contributed by atoms with Gasteiger partial charge in [-0.15, -0.1) is 0 Å². The van der Waals surface area contributed by atoms with E-state index >= 15 is 0 Å². The zero-order chi connectivity index (χ0) is 28.6. The van der Waals surface area contributed by atoms with Crippen LogP contribution >= 0.6 is 0 Å². The van der Waals surface area contributed by atoms with Crippen LogP contribution in [0.1, 0.15) is 52.0 Å². The van der Waals surface area contributed by atoms with Crippen molar-refractivity contribution in [3.63, 3.8) is 0 Å². The Bertz CT molecular complexity index is 1250. The van der Waals surface area contributed by atoms with Gasteiger partial charge in [0.1, 0.15) is 22.7 Å². The standard InChI is InChI=1S/C27H36N4O7S/c1-27(2,3)29-15-5-9-24(32)38-20-12-10-19(11-13-20)17-22(26(34)35)30-25(33)23-8-6-16-31(23)39(36,37)21-7-4-14-28-18-21/h4,7,10-14,18,22-23,29H,5-6,8-9,15-17H2,1-3H3,(H,30,33)(H,34,35)/t22-,23-/m0/s1. The number of aliphatic carboxylic acids is 1. The molecule has 1 aromatic heterocycles. The lowest BCUT2D eigenvalue weighted by Gasteiger charge is -2.25. The number of pyridine rings is 1. The second-order valence-corrected chi connectivity index (χ2v) is 12.4. The molecule has 2 aromatic rings. The minimum absolute atomic E-state index is 0.0261. The summed E-state index contributed by atoms with van der Waals surface area (Å²) >= 11 is 0. The van der Waals surface area contributed by atoms with Gasteiger partial charge in [0.15, 0.2) is 0 Å². The van der Waals surface area contributed by atoms with Gasteiger partial charge in [-0.3, -0.25) is 14.6 Å². The monoisotopic (exact) mass is 560 g/mol. The molecule has 0 unspecified atom stereocenters. The molecule has 2 atom stereocenters. The molecule has 2 heterocycles. The Hall–Kier alpha value is -3.35. The molecule has 0 bridgehead atoms. The molecule has 0 radical (unpaired) electrons. The van der Waals surface area contributed by atoms with Crippen LogP contribution in [0.3, 0.4) is 0 Å². The molecule has 39 heavy (non-hydrogen) atoms. The summed E-state index contributed by atoms with van der Waals surface area (Å²) in [5.41, 5.74) is 0.573. The number of aromatic nitrogens is 1. The lowest BCUT2D eigenvalue weighted by atomic mass is 10.1. The summed E-state index contributed by atoms with van der Waals surface area (Å²) in [6.07, 6.45) is 4.28. The van der Waals surface area contributed by atoms with Crippen LogP contribution in [0.5, 0.6) is 5.75 Å². The molecule has 1 aromatic carbocycles. The van der Waals surface area contributed by atoms with Crippen molar-refractivity contribution < 1.29 is 32.6 Å². The molecule has 212 valence electrons. The zero-order valence-corrected chi connectivity index (χ0v) is 23.2. The second-order valence-electron chi connectivity index (χ2n) is 10.5. The first-order valence-electron chi connectivity index (χ1n) is 12.9. The lowest BCUT2D eigenvalue weighted by molar-refractivity contribution is -0.142. The fourth-order valence-corrected chi connectivity index (χ4v) is 5.82.